The van der Waals surface area contributed by atoms with E-state index < -0.39 is 0 Å². The molecule has 2 aliphatic rings. The van der Waals surface area contributed by atoms with Gasteiger partial charge in [0, 0.05) is 25.2 Å². The quantitative estimate of drug-likeness (QED) is 0.687. The van der Waals surface area contributed by atoms with Gasteiger partial charge in [-0.2, -0.15) is 0 Å². The lowest BCUT2D eigenvalue weighted by atomic mass is 9.91. The Hall–Kier alpha value is -0.0800. The van der Waals surface area contributed by atoms with E-state index >= 15 is 0 Å². The van der Waals surface area contributed by atoms with E-state index in [1.54, 1.807) is 0 Å². The fourth-order valence-corrected chi connectivity index (χ4v) is 3.03. The van der Waals surface area contributed by atoms with Gasteiger partial charge in [-0.3, -0.25) is 4.90 Å². The van der Waals surface area contributed by atoms with Crippen molar-refractivity contribution in [2.75, 3.05) is 19.6 Å². The third-order valence-electron chi connectivity index (χ3n) is 4.07. The summed E-state index contributed by atoms with van der Waals surface area (Å²) in [5.41, 5.74) is 0. The fraction of sp³-hybridized carbons (Fsp3) is 1.00. The van der Waals surface area contributed by atoms with Crippen LogP contribution in [0.3, 0.4) is 0 Å². The third-order valence-corrected chi connectivity index (χ3v) is 4.07. The van der Waals surface area contributed by atoms with E-state index in [2.05, 4.69) is 31.0 Å². The minimum atomic E-state index is 0.799. The maximum atomic E-state index is 3.51. The largest absolute Gasteiger partial charge is 0.315 e. The number of likely N-dealkylation sites (tertiary alicyclic amines) is 1. The zero-order chi connectivity index (χ0) is 10.1. The molecule has 0 aromatic carbocycles. The predicted octanol–water partition coefficient (Wildman–Crippen LogP) is 1.71. The molecule has 4 atom stereocenters. The lowest BCUT2D eigenvalue weighted by molar-refractivity contribution is 0.0686. The molecule has 0 aromatic heterocycles. The van der Waals surface area contributed by atoms with Crippen LogP contribution in [0, 0.1) is 11.8 Å². The van der Waals surface area contributed by atoms with E-state index in [0.29, 0.717) is 0 Å². The molecule has 0 radical (unpaired) electrons. The molecule has 1 N–H and O–H groups in total. The second-order valence-corrected chi connectivity index (χ2v) is 5.43. The van der Waals surface area contributed by atoms with Gasteiger partial charge in [-0.05, 0) is 38.1 Å². The Bertz CT molecular complexity index is 193. The summed E-state index contributed by atoms with van der Waals surface area (Å²) in [7, 11) is 0. The van der Waals surface area contributed by atoms with Gasteiger partial charge in [-0.15, -0.1) is 0 Å². The van der Waals surface area contributed by atoms with Crippen LogP contribution in [0.5, 0.6) is 0 Å². The van der Waals surface area contributed by atoms with Gasteiger partial charge in [-0.1, -0.05) is 13.8 Å². The summed E-state index contributed by atoms with van der Waals surface area (Å²) in [6.07, 6.45) is 2.82. The molecule has 2 aliphatic heterocycles. The Morgan fingerprint density at radius 1 is 1.07 bits per heavy atom. The van der Waals surface area contributed by atoms with Crippen molar-refractivity contribution in [2.24, 2.45) is 11.8 Å². The van der Waals surface area contributed by atoms with Crippen molar-refractivity contribution in [2.45, 2.75) is 45.7 Å². The van der Waals surface area contributed by atoms with E-state index in [1.165, 1.54) is 32.5 Å². The van der Waals surface area contributed by atoms with E-state index in [9.17, 15) is 0 Å². The zero-order valence-corrected chi connectivity index (χ0v) is 9.79. The molecule has 2 saturated heterocycles. The Labute approximate surface area is 88.1 Å². The maximum absolute atomic E-state index is 3.51. The first-order chi connectivity index (χ1) is 6.68. The number of hydrogen-bond acceptors (Lipinski definition) is 2. The van der Waals surface area contributed by atoms with Crippen molar-refractivity contribution in [1.82, 2.24) is 10.2 Å². The summed E-state index contributed by atoms with van der Waals surface area (Å²) in [6, 6.07) is 1.60. The summed E-state index contributed by atoms with van der Waals surface area (Å²) in [5.74, 6) is 1.74. The summed E-state index contributed by atoms with van der Waals surface area (Å²) >= 11 is 0. The van der Waals surface area contributed by atoms with Gasteiger partial charge in [0.05, 0.1) is 0 Å². The SMILES string of the molecule is CC1CCC(C)N(C2CNCC2C)C1. The second kappa shape index (κ2) is 4.19. The molecule has 0 spiro atoms. The van der Waals surface area contributed by atoms with E-state index in [-0.39, 0.29) is 0 Å². The second-order valence-electron chi connectivity index (χ2n) is 5.43. The van der Waals surface area contributed by atoms with E-state index in [1.807, 2.05) is 0 Å². The van der Waals surface area contributed by atoms with Gasteiger partial charge in [0.2, 0.25) is 0 Å². The van der Waals surface area contributed by atoms with Gasteiger partial charge in [0.1, 0.15) is 0 Å². The van der Waals surface area contributed by atoms with Crippen LogP contribution in [0.2, 0.25) is 0 Å². The topological polar surface area (TPSA) is 15.3 Å². The molecule has 14 heavy (non-hydrogen) atoms. The fourth-order valence-electron chi connectivity index (χ4n) is 3.03. The Kier molecular flexibility index (Phi) is 3.13. The van der Waals surface area contributed by atoms with Crippen LogP contribution in [-0.2, 0) is 0 Å². The minimum Gasteiger partial charge on any atom is -0.315 e. The number of nitrogens with zero attached hydrogens (tertiary/aromatic N) is 1. The smallest absolute Gasteiger partial charge is 0.0261 e. The number of nitrogens with one attached hydrogen (secondary N) is 1. The molecule has 82 valence electrons. The van der Waals surface area contributed by atoms with Crippen molar-refractivity contribution in [3.8, 4) is 0 Å². The van der Waals surface area contributed by atoms with Crippen LogP contribution in [0.15, 0.2) is 0 Å². The first-order valence-corrected chi connectivity index (χ1v) is 6.15. The van der Waals surface area contributed by atoms with Gasteiger partial charge in [0.15, 0.2) is 0 Å². The van der Waals surface area contributed by atoms with Crippen LogP contribution in [0.25, 0.3) is 0 Å². The predicted molar refractivity (Wildman–Crippen MR) is 60.4 cm³/mol. The highest BCUT2D eigenvalue weighted by molar-refractivity contribution is 4.91. The van der Waals surface area contributed by atoms with Crippen LogP contribution < -0.4 is 5.32 Å². The maximum Gasteiger partial charge on any atom is 0.0261 e. The van der Waals surface area contributed by atoms with Crippen molar-refractivity contribution in [3.05, 3.63) is 0 Å². The Balaban J connectivity index is 2.00. The van der Waals surface area contributed by atoms with Gasteiger partial charge < -0.3 is 5.32 Å². The molecule has 0 bridgehead atoms. The molecule has 0 amide bonds. The van der Waals surface area contributed by atoms with Crippen LogP contribution in [-0.4, -0.2) is 36.6 Å². The lowest BCUT2D eigenvalue weighted by Gasteiger charge is -2.42. The monoisotopic (exact) mass is 196 g/mol. The molecular weight excluding hydrogens is 172 g/mol. The Morgan fingerprint density at radius 2 is 1.86 bits per heavy atom. The van der Waals surface area contributed by atoms with Crippen LogP contribution in [0.1, 0.15) is 33.6 Å². The summed E-state index contributed by atoms with van der Waals surface area (Å²) in [5, 5.41) is 3.51. The zero-order valence-electron chi connectivity index (χ0n) is 9.79. The highest BCUT2D eigenvalue weighted by atomic mass is 15.2. The van der Waals surface area contributed by atoms with Crippen molar-refractivity contribution < 1.29 is 0 Å². The van der Waals surface area contributed by atoms with Crippen molar-refractivity contribution in [1.29, 1.82) is 0 Å². The molecule has 2 nitrogen and oxygen atoms in total. The van der Waals surface area contributed by atoms with Crippen LogP contribution in [0.4, 0.5) is 0 Å². The molecule has 4 unspecified atom stereocenters. The Morgan fingerprint density at radius 3 is 2.50 bits per heavy atom. The van der Waals surface area contributed by atoms with Gasteiger partial charge in [-0.25, -0.2) is 0 Å². The first kappa shape index (κ1) is 10.4. The highest BCUT2D eigenvalue weighted by Crippen LogP contribution is 2.27. The van der Waals surface area contributed by atoms with Crippen molar-refractivity contribution in [3.63, 3.8) is 0 Å². The molecule has 2 rings (SSSR count). The molecular formula is C12H24N2. The normalized spacial score (nSPS) is 45.6. The molecule has 2 heterocycles. The van der Waals surface area contributed by atoms with E-state index in [0.717, 1.165) is 23.9 Å². The lowest BCUT2D eigenvalue weighted by Crippen LogP contribution is -2.50. The van der Waals surface area contributed by atoms with Crippen molar-refractivity contribution >= 4 is 0 Å². The average molecular weight is 196 g/mol. The molecule has 0 aliphatic carbocycles. The third kappa shape index (κ3) is 1.96. The van der Waals surface area contributed by atoms with E-state index in [4.69, 9.17) is 0 Å². The minimum absolute atomic E-state index is 0.799. The average Bonchev–Trinajstić information content (AvgIpc) is 2.56. The highest BCUT2D eigenvalue weighted by Gasteiger charge is 2.34. The van der Waals surface area contributed by atoms with Gasteiger partial charge in [0.25, 0.3) is 0 Å². The number of piperidine rings is 1. The summed E-state index contributed by atoms with van der Waals surface area (Å²) in [4.78, 5) is 2.75. The number of hydrogen-bond donors (Lipinski definition) is 1. The van der Waals surface area contributed by atoms with Crippen LogP contribution >= 0.6 is 0 Å². The molecule has 2 fully saturated rings. The first-order valence-electron chi connectivity index (χ1n) is 6.15. The summed E-state index contributed by atoms with van der Waals surface area (Å²) < 4.78 is 0. The molecule has 0 saturated carbocycles. The molecule has 2 heteroatoms. The summed E-state index contributed by atoms with van der Waals surface area (Å²) in [6.45, 7) is 10.9. The standard InChI is InChI=1S/C12H24N2/c1-9-4-5-11(3)14(8-9)12-7-13-6-10(12)2/h9-13H,4-8H2,1-3H3. The molecule has 0 aromatic rings. The van der Waals surface area contributed by atoms with Gasteiger partial charge >= 0.3 is 0 Å². The number of rotatable bonds is 1.